The number of hydrogen-bond donors (Lipinski definition) is 1. The number of alkyl halides is 2. The number of amides is 1. The molecule has 2 aromatic heterocycles. The zero-order valence-corrected chi connectivity index (χ0v) is 14.2. The third kappa shape index (κ3) is 3.40. The van der Waals surface area contributed by atoms with E-state index in [4.69, 9.17) is 4.42 Å². The Balaban J connectivity index is 1.72. The first-order valence-electron chi connectivity index (χ1n) is 7.97. The van der Waals surface area contributed by atoms with E-state index < -0.39 is 6.55 Å². The number of benzene rings is 1. The molecule has 1 atom stereocenters. The second-order valence-electron chi connectivity index (χ2n) is 6.02. The van der Waals surface area contributed by atoms with Crippen LogP contribution in [0, 0.1) is 13.8 Å². The number of fused-ring (bicyclic) bond motifs is 1. The Labute approximate surface area is 143 Å². The normalized spacial score (nSPS) is 12.7. The number of nitrogens with zero attached hydrogens (tertiary/aromatic N) is 2. The van der Waals surface area contributed by atoms with Crippen molar-refractivity contribution < 1.29 is 18.0 Å². The highest BCUT2D eigenvalue weighted by Crippen LogP contribution is 2.24. The molecule has 0 saturated carbocycles. The van der Waals surface area contributed by atoms with E-state index in [1.54, 1.807) is 6.92 Å². The van der Waals surface area contributed by atoms with Gasteiger partial charge in [-0.25, -0.2) is 4.68 Å². The Bertz CT molecular complexity index is 881. The summed E-state index contributed by atoms with van der Waals surface area (Å²) in [6.45, 7) is 2.26. The lowest BCUT2D eigenvalue weighted by Gasteiger charge is -2.11. The molecule has 2 heterocycles. The fraction of sp³-hybridized carbons (Fsp3) is 0.333. The summed E-state index contributed by atoms with van der Waals surface area (Å²) in [5.41, 5.74) is 2.02. The van der Waals surface area contributed by atoms with Crippen LogP contribution in [0.15, 0.2) is 34.7 Å². The van der Waals surface area contributed by atoms with Crippen molar-refractivity contribution in [3.63, 3.8) is 0 Å². The summed E-state index contributed by atoms with van der Waals surface area (Å²) in [7, 11) is 0. The van der Waals surface area contributed by atoms with Gasteiger partial charge in [0.2, 0.25) is 5.91 Å². The van der Waals surface area contributed by atoms with E-state index in [-0.39, 0.29) is 18.4 Å². The van der Waals surface area contributed by atoms with Crippen LogP contribution < -0.4 is 5.32 Å². The van der Waals surface area contributed by atoms with Gasteiger partial charge < -0.3 is 9.73 Å². The molecular weight excluding hydrogens is 328 g/mol. The van der Waals surface area contributed by atoms with E-state index in [1.165, 1.54) is 6.92 Å². The first-order chi connectivity index (χ1) is 11.9. The predicted octanol–water partition coefficient (Wildman–Crippen LogP) is 4.06. The number of carbonyl (C=O) groups excluding carboxylic acids is 1. The van der Waals surface area contributed by atoms with Gasteiger partial charge in [0.15, 0.2) is 0 Å². The summed E-state index contributed by atoms with van der Waals surface area (Å²) in [4.78, 5) is 12.3. The second-order valence-corrected chi connectivity index (χ2v) is 6.02. The molecule has 0 fully saturated rings. The highest BCUT2D eigenvalue weighted by Gasteiger charge is 2.21. The van der Waals surface area contributed by atoms with Crippen molar-refractivity contribution in [1.29, 1.82) is 0 Å². The Hall–Kier alpha value is -2.70. The number of carbonyl (C=O) groups is 1. The third-order valence-electron chi connectivity index (χ3n) is 4.25. The zero-order valence-electron chi connectivity index (χ0n) is 14.2. The fourth-order valence-corrected chi connectivity index (χ4v) is 2.88. The van der Waals surface area contributed by atoms with E-state index in [2.05, 4.69) is 10.4 Å². The van der Waals surface area contributed by atoms with Crippen molar-refractivity contribution >= 4 is 16.9 Å². The number of aromatic nitrogens is 2. The van der Waals surface area contributed by atoms with Gasteiger partial charge in [-0.15, -0.1) is 0 Å². The van der Waals surface area contributed by atoms with Crippen molar-refractivity contribution in [3.8, 4) is 0 Å². The summed E-state index contributed by atoms with van der Waals surface area (Å²) >= 11 is 0. The third-order valence-corrected chi connectivity index (χ3v) is 4.25. The second kappa shape index (κ2) is 6.66. The van der Waals surface area contributed by atoms with Crippen molar-refractivity contribution in [3.05, 3.63) is 53.0 Å². The van der Waals surface area contributed by atoms with Gasteiger partial charge in [0.05, 0.1) is 18.2 Å². The Kier molecular flexibility index (Phi) is 4.57. The maximum absolute atomic E-state index is 12.9. The number of halogens is 2. The van der Waals surface area contributed by atoms with Gasteiger partial charge in [0.1, 0.15) is 11.3 Å². The van der Waals surface area contributed by atoms with Crippen molar-refractivity contribution in [2.24, 2.45) is 0 Å². The van der Waals surface area contributed by atoms with Crippen LogP contribution in [0.25, 0.3) is 11.0 Å². The van der Waals surface area contributed by atoms with Gasteiger partial charge in [-0.2, -0.15) is 13.9 Å². The Morgan fingerprint density at radius 1 is 1.32 bits per heavy atom. The van der Waals surface area contributed by atoms with Crippen LogP contribution in [0.5, 0.6) is 0 Å². The average molecular weight is 347 g/mol. The molecule has 0 unspecified atom stereocenters. The van der Waals surface area contributed by atoms with Gasteiger partial charge in [-0.1, -0.05) is 18.2 Å². The number of para-hydroxylation sites is 1. The Morgan fingerprint density at radius 2 is 2.04 bits per heavy atom. The number of nitrogens with one attached hydrogen (secondary N) is 1. The monoisotopic (exact) mass is 347 g/mol. The molecule has 1 aromatic carbocycles. The van der Waals surface area contributed by atoms with Crippen molar-refractivity contribution in [2.75, 3.05) is 0 Å². The summed E-state index contributed by atoms with van der Waals surface area (Å²) < 4.78 is 32.1. The van der Waals surface area contributed by atoms with Crippen LogP contribution in [0.4, 0.5) is 8.78 Å². The lowest BCUT2D eigenvalue weighted by Crippen LogP contribution is -2.28. The number of aryl methyl sites for hydroxylation is 1. The summed E-state index contributed by atoms with van der Waals surface area (Å²) in [6.07, 6.45) is -0.00500. The van der Waals surface area contributed by atoms with E-state index in [9.17, 15) is 13.6 Å². The molecule has 1 N–H and O–H groups in total. The van der Waals surface area contributed by atoms with Gasteiger partial charge in [-0.3, -0.25) is 4.79 Å². The van der Waals surface area contributed by atoms with E-state index in [0.29, 0.717) is 27.4 Å². The molecule has 5 nitrogen and oxygen atoms in total. The Morgan fingerprint density at radius 3 is 2.68 bits per heavy atom. The highest BCUT2D eigenvalue weighted by atomic mass is 19.3. The lowest BCUT2D eigenvalue weighted by molar-refractivity contribution is -0.121. The molecule has 0 aliphatic rings. The molecule has 132 valence electrons. The average Bonchev–Trinajstić information content (AvgIpc) is 3.11. The summed E-state index contributed by atoms with van der Waals surface area (Å²) in [5, 5.41) is 7.60. The van der Waals surface area contributed by atoms with Gasteiger partial charge >= 0.3 is 6.55 Å². The van der Waals surface area contributed by atoms with Crippen LogP contribution >= 0.6 is 0 Å². The first kappa shape index (κ1) is 17.1. The van der Waals surface area contributed by atoms with Crippen LogP contribution in [0.2, 0.25) is 0 Å². The molecule has 0 aliphatic heterocycles. The summed E-state index contributed by atoms with van der Waals surface area (Å²) in [5.74, 6) is 0.374. The van der Waals surface area contributed by atoms with Crippen molar-refractivity contribution in [2.45, 2.75) is 39.8 Å². The summed E-state index contributed by atoms with van der Waals surface area (Å²) in [6, 6.07) is 9.14. The highest BCUT2D eigenvalue weighted by molar-refractivity contribution is 5.80. The predicted molar refractivity (Wildman–Crippen MR) is 89.4 cm³/mol. The molecule has 3 aromatic rings. The SMILES string of the molecule is Cc1nn(C(F)F)c(C)c1CC(=O)N[C@H](C)c1cc2ccccc2o1. The molecule has 0 saturated heterocycles. The standard InChI is InChI=1S/C18H19F2N3O2/c1-10-14(12(3)23(22-10)18(19)20)9-17(24)21-11(2)16-8-13-6-4-5-7-15(13)25-16/h4-8,11,18H,9H2,1-3H3,(H,21,24)/t11-/m1/s1. The number of hydrogen-bond acceptors (Lipinski definition) is 3. The van der Waals surface area contributed by atoms with Crippen LogP contribution in [0.1, 0.15) is 42.2 Å². The number of rotatable bonds is 5. The van der Waals surface area contributed by atoms with Gasteiger partial charge in [-0.05, 0) is 32.9 Å². The molecule has 0 spiro atoms. The smallest absolute Gasteiger partial charge is 0.333 e. The molecule has 0 aliphatic carbocycles. The molecule has 3 rings (SSSR count). The molecule has 1 amide bonds. The molecule has 0 bridgehead atoms. The molecule has 25 heavy (non-hydrogen) atoms. The minimum Gasteiger partial charge on any atom is -0.459 e. The lowest BCUT2D eigenvalue weighted by atomic mass is 10.1. The van der Waals surface area contributed by atoms with E-state index in [0.717, 1.165) is 11.0 Å². The minimum absolute atomic E-state index is 0.00500. The van der Waals surface area contributed by atoms with Gasteiger partial charge in [0, 0.05) is 16.6 Å². The molecule has 0 radical (unpaired) electrons. The maximum atomic E-state index is 12.9. The minimum atomic E-state index is -2.72. The largest absolute Gasteiger partial charge is 0.459 e. The molecule has 7 heteroatoms. The maximum Gasteiger partial charge on any atom is 0.333 e. The fourth-order valence-electron chi connectivity index (χ4n) is 2.88. The van der Waals surface area contributed by atoms with E-state index >= 15 is 0 Å². The van der Waals surface area contributed by atoms with Crippen LogP contribution in [-0.2, 0) is 11.2 Å². The van der Waals surface area contributed by atoms with Crippen LogP contribution in [-0.4, -0.2) is 15.7 Å². The van der Waals surface area contributed by atoms with Crippen molar-refractivity contribution in [1.82, 2.24) is 15.1 Å². The van der Waals surface area contributed by atoms with E-state index in [1.807, 2.05) is 37.3 Å². The topological polar surface area (TPSA) is 60.1 Å². The molecular formula is C18H19F2N3O2. The van der Waals surface area contributed by atoms with Crippen LogP contribution in [0.3, 0.4) is 0 Å². The zero-order chi connectivity index (χ0) is 18.1. The first-order valence-corrected chi connectivity index (χ1v) is 7.97. The van der Waals surface area contributed by atoms with Gasteiger partial charge in [0.25, 0.3) is 0 Å². The number of furan rings is 1. The quantitative estimate of drug-likeness (QED) is 0.757.